The second kappa shape index (κ2) is 8.50. The standard InChI is InChI=1S/C10H14BrN3O.ClH/c1-2-12-3-4-14-10(15)8-5-9(11)7-13-6-8;/h5-7,12H,2-4H2,1H3,(H,14,15);1H. The number of hydrogen-bond acceptors (Lipinski definition) is 3. The van der Waals surface area contributed by atoms with Gasteiger partial charge in [0.15, 0.2) is 0 Å². The SMILES string of the molecule is CCNCCNC(=O)c1cncc(Br)c1.Cl. The van der Waals surface area contributed by atoms with Gasteiger partial charge in [0.1, 0.15) is 0 Å². The maximum absolute atomic E-state index is 11.6. The van der Waals surface area contributed by atoms with Gasteiger partial charge < -0.3 is 10.6 Å². The lowest BCUT2D eigenvalue weighted by Crippen LogP contribution is -2.31. The predicted octanol–water partition coefficient (Wildman–Crippen LogP) is 1.61. The van der Waals surface area contributed by atoms with Crippen LogP contribution in [0.2, 0.25) is 0 Å². The summed E-state index contributed by atoms with van der Waals surface area (Å²) in [7, 11) is 0. The minimum absolute atomic E-state index is 0. The van der Waals surface area contributed by atoms with E-state index in [1.165, 1.54) is 0 Å². The van der Waals surface area contributed by atoms with Crippen LogP contribution in [-0.2, 0) is 0 Å². The molecule has 0 saturated heterocycles. The lowest BCUT2D eigenvalue weighted by molar-refractivity contribution is 0.0953. The van der Waals surface area contributed by atoms with Crippen molar-refractivity contribution >= 4 is 34.2 Å². The number of nitrogens with zero attached hydrogens (tertiary/aromatic N) is 1. The molecule has 0 bridgehead atoms. The number of pyridine rings is 1. The van der Waals surface area contributed by atoms with Crippen LogP contribution in [0.15, 0.2) is 22.9 Å². The van der Waals surface area contributed by atoms with Gasteiger partial charge in [-0.2, -0.15) is 0 Å². The molecule has 1 aromatic heterocycles. The summed E-state index contributed by atoms with van der Waals surface area (Å²) in [5, 5.41) is 5.93. The molecule has 16 heavy (non-hydrogen) atoms. The van der Waals surface area contributed by atoms with Gasteiger partial charge in [-0.3, -0.25) is 9.78 Å². The number of carbonyl (C=O) groups is 1. The zero-order chi connectivity index (χ0) is 11.1. The Hall–Kier alpha value is -0.650. The van der Waals surface area contributed by atoms with E-state index >= 15 is 0 Å². The zero-order valence-electron chi connectivity index (χ0n) is 9.00. The van der Waals surface area contributed by atoms with Crippen LogP contribution in [0.4, 0.5) is 0 Å². The quantitative estimate of drug-likeness (QED) is 0.813. The summed E-state index contributed by atoms with van der Waals surface area (Å²) in [4.78, 5) is 15.5. The first-order valence-electron chi connectivity index (χ1n) is 4.83. The van der Waals surface area contributed by atoms with Crippen molar-refractivity contribution in [3.8, 4) is 0 Å². The fraction of sp³-hybridized carbons (Fsp3) is 0.400. The third-order valence-electron chi connectivity index (χ3n) is 1.80. The van der Waals surface area contributed by atoms with E-state index in [1.807, 2.05) is 6.92 Å². The molecule has 0 unspecified atom stereocenters. The van der Waals surface area contributed by atoms with E-state index in [0.717, 1.165) is 17.6 Å². The van der Waals surface area contributed by atoms with Crippen molar-refractivity contribution in [2.24, 2.45) is 0 Å². The van der Waals surface area contributed by atoms with Gasteiger partial charge in [0, 0.05) is 30.0 Å². The van der Waals surface area contributed by atoms with Crippen molar-refractivity contribution in [1.29, 1.82) is 0 Å². The largest absolute Gasteiger partial charge is 0.351 e. The van der Waals surface area contributed by atoms with Crippen LogP contribution >= 0.6 is 28.3 Å². The van der Waals surface area contributed by atoms with Crippen LogP contribution in [0.1, 0.15) is 17.3 Å². The second-order valence-electron chi connectivity index (χ2n) is 3.00. The van der Waals surface area contributed by atoms with Gasteiger partial charge in [-0.1, -0.05) is 6.92 Å². The summed E-state index contributed by atoms with van der Waals surface area (Å²) in [6.45, 7) is 4.34. The van der Waals surface area contributed by atoms with E-state index in [0.29, 0.717) is 12.1 Å². The number of rotatable bonds is 5. The Bertz CT molecular complexity index is 336. The molecule has 1 aromatic rings. The average Bonchev–Trinajstić information content (AvgIpc) is 2.24. The number of hydrogen-bond donors (Lipinski definition) is 2. The molecule has 1 heterocycles. The van der Waals surface area contributed by atoms with Crippen LogP contribution < -0.4 is 10.6 Å². The number of halogens is 2. The maximum atomic E-state index is 11.6. The van der Waals surface area contributed by atoms with E-state index in [9.17, 15) is 4.79 Å². The van der Waals surface area contributed by atoms with E-state index in [-0.39, 0.29) is 18.3 Å². The molecule has 0 aliphatic heterocycles. The Morgan fingerprint density at radius 1 is 1.44 bits per heavy atom. The van der Waals surface area contributed by atoms with Gasteiger partial charge >= 0.3 is 0 Å². The fourth-order valence-electron chi connectivity index (χ4n) is 1.08. The van der Waals surface area contributed by atoms with Gasteiger partial charge in [0.05, 0.1) is 5.56 Å². The molecule has 1 amide bonds. The minimum Gasteiger partial charge on any atom is -0.351 e. The molecule has 90 valence electrons. The highest BCUT2D eigenvalue weighted by molar-refractivity contribution is 9.10. The lowest BCUT2D eigenvalue weighted by atomic mass is 10.3. The third kappa shape index (κ3) is 5.44. The summed E-state index contributed by atoms with van der Waals surface area (Å²) < 4.78 is 0.807. The Labute approximate surface area is 110 Å². The Morgan fingerprint density at radius 3 is 2.81 bits per heavy atom. The first kappa shape index (κ1) is 15.3. The second-order valence-corrected chi connectivity index (χ2v) is 3.92. The highest BCUT2D eigenvalue weighted by Crippen LogP contribution is 2.08. The number of aromatic nitrogens is 1. The highest BCUT2D eigenvalue weighted by atomic mass is 79.9. The number of carbonyl (C=O) groups excluding carboxylic acids is 1. The van der Waals surface area contributed by atoms with E-state index in [4.69, 9.17) is 0 Å². The van der Waals surface area contributed by atoms with Crippen molar-refractivity contribution in [2.45, 2.75) is 6.92 Å². The topological polar surface area (TPSA) is 54.0 Å². The van der Waals surface area contributed by atoms with Gasteiger partial charge in [0.2, 0.25) is 0 Å². The van der Waals surface area contributed by atoms with Gasteiger partial charge in [-0.15, -0.1) is 12.4 Å². The van der Waals surface area contributed by atoms with Crippen molar-refractivity contribution in [3.05, 3.63) is 28.5 Å². The maximum Gasteiger partial charge on any atom is 0.252 e. The van der Waals surface area contributed by atoms with Crippen LogP contribution in [-0.4, -0.2) is 30.5 Å². The van der Waals surface area contributed by atoms with Crippen molar-refractivity contribution in [1.82, 2.24) is 15.6 Å². The van der Waals surface area contributed by atoms with Crippen LogP contribution in [0, 0.1) is 0 Å². The van der Waals surface area contributed by atoms with E-state index in [1.54, 1.807) is 18.5 Å². The third-order valence-corrected chi connectivity index (χ3v) is 2.24. The zero-order valence-corrected chi connectivity index (χ0v) is 11.4. The first-order chi connectivity index (χ1) is 7.24. The van der Waals surface area contributed by atoms with E-state index in [2.05, 4.69) is 31.5 Å². The van der Waals surface area contributed by atoms with Gasteiger partial charge in [0.25, 0.3) is 5.91 Å². The molecule has 1 rings (SSSR count). The molecule has 0 spiro atoms. The molecule has 0 saturated carbocycles. The number of amides is 1. The van der Waals surface area contributed by atoms with Crippen molar-refractivity contribution in [3.63, 3.8) is 0 Å². The van der Waals surface area contributed by atoms with Crippen molar-refractivity contribution < 1.29 is 4.79 Å². The van der Waals surface area contributed by atoms with Crippen LogP contribution in [0.25, 0.3) is 0 Å². The highest BCUT2D eigenvalue weighted by Gasteiger charge is 2.04. The first-order valence-corrected chi connectivity index (χ1v) is 5.62. The molecule has 0 aliphatic carbocycles. The van der Waals surface area contributed by atoms with Crippen LogP contribution in [0.3, 0.4) is 0 Å². The smallest absolute Gasteiger partial charge is 0.252 e. The summed E-state index contributed by atoms with van der Waals surface area (Å²) in [5.74, 6) is -0.0956. The normalized spacial score (nSPS) is 9.38. The monoisotopic (exact) mass is 307 g/mol. The summed E-state index contributed by atoms with van der Waals surface area (Å²) in [6.07, 6.45) is 3.20. The lowest BCUT2D eigenvalue weighted by Gasteiger charge is -2.05. The molecule has 0 aliphatic rings. The van der Waals surface area contributed by atoms with Gasteiger partial charge in [-0.05, 0) is 28.5 Å². The number of likely N-dealkylation sites (N-methyl/N-ethyl adjacent to an activating group) is 1. The van der Waals surface area contributed by atoms with Crippen LogP contribution in [0.5, 0.6) is 0 Å². The Morgan fingerprint density at radius 2 is 2.19 bits per heavy atom. The summed E-state index contributed by atoms with van der Waals surface area (Å²) >= 11 is 3.27. The minimum atomic E-state index is -0.0956. The predicted molar refractivity (Wildman–Crippen MR) is 70.1 cm³/mol. The molecule has 4 nitrogen and oxygen atoms in total. The van der Waals surface area contributed by atoms with Crippen molar-refractivity contribution in [2.75, 3.05) is 19.6 Å². The molecular weight excluding hydrogens is 293 g/mol. The van der Waals surface area contributed by atoms with E-state index < -0.39 is 0 Å². The molecule has 2 N–H and O–H groups in total. The molecular formula is C10H15BrClN3O. The molecule has 0 radical (unpaired) electrons. The average molecular weight is 309 g/mol. The molecule has 0 aromatic carbocycles. The molecule has 0 fully saturated rings. The summed E-state index contributed by atoms with van der Waals surface area (Å²) in [5.41, 5.74) is 0.570. The molecule has 6 heteroatoms. The number of nitrogens with one attached hydrogen (secondary N) is 2. The van der Waals surface area contributed by atoms with Gasteiger partial charge in [-0.25, -0.2) is 0 Å². The summed E-state index contributed by atoms with van der Waals surface area (Å²) in [6, 6.07) is 1.75. The fourth-order valence-corrected chi connectivity index (χ4v) is 1.44. The molecule has 0 atom stereocenters. The Balaban J connectivity index is 0.00000225. The Kier molecular flexibility index (Phi) is 8.15.